The van der Waals surface area contributed by atoms with Crippen molar-refractivity contribution >= 4 is 0 Å². The van der Waals surface area contributed by atoms with Crippen LogP contribution in [0.4, 0.5) is 0 Å². The van der Waals surface area contributed by atoms with Crippen molar-refractivity contribution in [2.24, 2.45) is 0 Å². The van der Waals surface area contributed by atoms with Crippen molar-refractivity contribution < 1.29 is 0 Å². The van der Waals surface area contributed by atoms with Crippen LogP contribution in [0.25, 0.3) is 0 Å². The number of H-pyrrole nitrogens is 2. The number of rotatable bonds is 4. The third kappa shape index (κ3) is 3.95. The average molecular weight is 360 g/mol. The molecule has 2 N–H and O–H groups in total. The second kappa shape index (κ2) is 7.78. The first kappa shape index (κ1) is 17.5. The first-order valence-electron chi connectivity index (χ1n) is 9.65. The molecule has 0 atom stereocenters. The van der Waals surface area contributed by atoms with Gasteiger partial charge in [-0.2, -0.15) is 0 Å². The molecule has 4 nitrogen and oxygen atoms in total. The Balaban J connectivity index is 1.59. The van der Waals surface area contributed by atoms with Gasteiger partial charge >= 0.3 is 5.69 Å². The molecule has 1 saturated carbocycles. The van der Waals surface area contributed by atoms with Crippen LogP contribution < -0.4 is 11.2 Å². The smallest absolute Gasteiger partial charge is 0.311 e. The summed E-state index contributed by atoms with van der Waals surface area (Å²) in [6.45, 7) is 0. The standard InChI is InChI=1S/C23H24N2O2/c26-22-20(15-16-7-3-1-4-8-16)21(24-23(27)25-22)19-13-11-18(12-14-19)17-9-5-2-6-10-17/h1-10,18-19H,11-15H2,(H2,24,25,26,27). The van der Waals surface area contributed by atoms with Crippen molar-refractivity contribution in [2.75, 3.05) is 0 Å². The van der Waals surface area contributed by atoms with Crippen LogP contribution in [0.3, 0.4) is 0 Å². The summed E-state index contributed by atoms with van der Waals surface area (Å²) >= 11 is 0. The Labute approximate surface area is 158 Å². The number of hydrogen-bond donors (Lipinski definition) is 2. The van der Waals surface area contributed by atoms with Gasteiger partial charge in [-0.05, 0) is 48.6 Å². The van der Waals surface area contributed by atoms with Crippen LogP contribution in [-0.2, 0) is 6.42 Å². The van der Waals surface area contributed by atoms with Gasteiger partial charge in [0.25, 0.3) is 5.56 Å². The molecule has 1 aliphatic rings. The molecule has 0 bridgehead atoms. The van der Waals surface area contributed by atoms with Crippen LogP contribution in [-0.4, -0.2) is 9.97 Å². The molecule has 0 spiro atoms. The van der Waals surface area contributed by atoms with Crippen LogP contribution in [0.5, 0.6) is 0 Å². The Morgan fingerprint density at radius 3 is 2.00 bits per heavy atom. The lowest BCUT2D eigenvalue weighted by Gasteiger charge is -2.29. The summed E-state index contributed by atoms with van der Waals surface area (Å²) in [5, 5.41) is 0. The van der Waals surface area contributed by atoms with E-state index in [1.54, 1.807) is 0 Å². The van der Waals surface area contributed by atoms with Crippen LogP contribution in [0, 0.1) is 0 Å². The summed E-state index contributed by atoms with van der Waals surface area (Å²) in [4.78, 5) is 29.8. The summed E-state index contributed by atoms with van der Waals surface area (Å²) in [5.41, 5.74) is 3.33. The van der Waals surface area contributed by atoms with Crippen molar-refractivity contribution in [3.05, 3.63) is 104 Å². The molecule has 2 aromatic carbocycles. The summed E-state index contributed by atoms with van der Waals surface area (Å²) in [6, 6.07) is 20.6. The zero-order valence-corrected chi connectivity index (χ0v) is 15.3. The molecule has 1 aliphatic carbocycles. The summed E-state index contributed by atoms with van der Waals surface area (Å²) in [5.74, 6) is 0.799. The second-order valence-corrected chi connectivity index (χ2v) is 7.42. The number of benzene rings is 2. The largest absolute Gasteiger partial charge is 0.325 e. The van der Waals surface area contributed by atoms with E-state index in [2.05, 4.69) is 34.2 Å². The fourth-order valence-corrected chi connectivity index (χ4v) is 4.29. The Kier molecular flexibility index (Phi) is 5.05. The van der Waals surface area contributed by atoms with Crippen molar-refractivity contribution in [1.29, 1.82) is 0 Å². The molecular weight excluding hydrogens is 336 g/mol. The minimum Gasteiger partial charge on any atom is -0.311 e. The molecule has 0 amide bonds. The zero-order chi connectivity index (χ0) is 18.6. The first-order valence-corrected chi connectivity index (χ1v) is 9.65. The highest BCUT2D eigenvalue weighted by atomic mass is 16.2. The molecule has 1 heterocycles. The monoisotopic (exact) mass is 360 g/mol. The fraction of sp³-hybridized carbons (Fsp3) is 0.304. The third-order valence-corrected chi connectivity index (χ3v) is 5.70. The number of hydrogen-bond acceptors (Lipinski definition) is 2. The first-order chi connectivity index (χ1) is 13.2. The van der Waals surface area contributed by atoms with Gasteiger partial charge in [0, 0.05) is 17.7 Å². The predicted molar refractivity (Wildman–Crippen MR) is 107 cm³/mol. The zero-order valence-electron chi connectivity index (χ0n) is 15.3. The summed E-state index contributed by atoms with van der Waals surface area (Å²) in [7, 11) is 0. The van der Waals surface area contributed by atoms with E-state index in [0.29, 0.717) is 17.9 Å². The highest BCUT2D eigenvalue weighted by molar-refractivity contribution is 5.30. The van der Waals surface area contributed by atoms with E-state index < -0.39 is 5.69 Å². The van der Waals surface area contributed by atoms with Gasteiger partial charge in [0.1, 0.15) is 0 Å². The maximum atomic E-state index is 12.5. The maximum Gasteiger partial charge on any atom is 0.325 e. The topological polar surface area (TPSA) is 65.7 Å². The Bertz CT molecular complexity index is 998. The summed E-state index contributed by atoms with van der Waals surface area (Å²) in [6.07, 6.45) is 4.67. The van der Waals surface area contributed by atoms with Gasteiger partial charge in [0.05, 0.1) is 0 Å². The lowest BCUT2D eigenvalue weighted by Crippen LogP contribution is -2.30. The van der Waals surface area contributed by atoms with Gasteiger partial charge in [-0.25, -0.2) is 4.79 Å². The highest BCUT2D eigenvalue weighted by Gasteiger charge is 2.26. The van der Waals surface area contributed by atoms with E-state index >= 15 is 0 Å². The SMILES string of the molecule is O=c1[nH]c(C2CCC(c3ccccc3)CC2)c(Cc2ccccc2)c(=O)[nH]1. The predicted octanol–water partition coefficient (Wildman–Crippen LogP) is 4.10. The van der Waals surface area contributed by atoms with E-state index in [0.717, 1.165) is 36.9 Å². The Morgan fingerprint density at radius 2 is 1.33 bits per heavy atom. The molecule has 27 heavy (non-hydrogen) atoms. The third-order valence-electron chi connectivity index (χ3n) is 5.70. The second-order valence-electron chi connectivity index (χ2n) is 7.42. The van der Waals surface area contributed by atoms with Crippen molar-refractivity contribution in [1.82, 2.24) is 9.97 Å². The average Bonchev–Trinajstić information content (AvgIpc) is 2.71. The normalized spacial score (nSPS) is 19.7. The molecule has 3 aromatic rings. The fourth-order valence-electron chi connectivity index (χ4n) is 4.29. The lowest BCUT2D eigenvalue weighted by atomic mass is 9.76. The molecule has 0 aliphatic heterocycles. The van der Waals surface area contributed by atoms with E-state index in [9.17, 15) is 9.59 Å². The maximum absolute atomic E-state index is 12.5. The summed E-state index contributed by atoms with van der Waals surface area (Å²) < 4.78 is 0. The van der Waals surface area contributed by atoms with Gasteiger partial charge < -0.3 is 4.98 Å². The number of aromatic nitrogens is 2. The van der Waals surface area contributed by atoms with Crippen LogP contribution in [0.2, 0.25) is 0 Å². The minimum absolute atomic E-state index is 0.235. The van der Waals surface area contributed by atoms with Gasteiger partial charge in [-0.3, -0.25) is 9.78 Å². The molecule has 4 rings (SSSR count). The molecule has 0 radical (unpaired) electrons. The molecule has 1 aromatic heterocycles. The van der Waals surface area contributed by atoms with E-state index in [-0.39, 0.29) is 11.5 Å². The lowest BCUT2D eigenvalue weighted by molar-refractivity contribution is 0.388. The Morgan fingerprint density at radius 1 is 0.741 bits per heavy atom. The van der Waals surface area contributed by atoms with Gasteiger partial charge in [0.15, 0.2) is 0 Å². The van der Waals surface area contributed by atoms with Crippen molar-refractivity contribution in [3.63, 3.8) is 0 Å². The quantitative estimate of drug-likeness (QED) is 0.736. The van der Waals surface area contributed by atoms with Gasteiger partial charge in [-0.15, -0.1) is 0 Å². The molecular formula is C23H24N2O2. The van der Waals surface area contributed by atoms with Gasteiger partial charge in [0.2, 0.25) is 0 Å². The molecule has 4 heteroatoms. The molecule has 138 valence electrons. The van der Waals surface area contributed by atoms with E-state index in [4.69, 9.17) is 0 Å². The molecule has 1 fully saturated rings. The van der Waals surface area contributed by atoms with Gasteiger partial charge in [-0.1, -0.05) is 60.7 Å². The van der Waals surface area contributed by atoms with Crippen LogP contribution in [0.15, 0.2) is 70.3 Å². The van der Waals surface area contributed by atoms with E-state index in [1.807, 2.05) is 36.4 Å². The van der Waals surface area contributed by atoms with Crippen molar-refractivity contribution in [2.45, 2.75) is 43.9 Å². The Hall–Kier alpha value is -2.88. The van der Waals surface area contributed by atoms with Crippen molar-refractivity contribution in [3.8, 4) is 0 Å². The van der Waals surface area contributed by atoms with Crippen LogP contribution in [0.1, 0.15) is 59.9 Å². The number of nitrogens with one attached hydrogen (secondary N) is 2. The van der Waals surface area contributed by atoms with E-state index in [1.165, 1.54) is 5.56 Å². The number of aromatic amines is 2. The van der Waals surface area contributed by atoms with Crippen LogP contribution >= 0.6 is 0 Å². The molecule has 0 saturated heterocycles. The molecule has 0 unspecified atom stereocenters. The highest BCUT2D eigenvalue weighted by Crippen LogP contribution is 2.40. The minimum atomic E-state index is -0.406.